The van der Waals surface area contributed by atoms with E-state index in [1.54, 1.807) is 0 Å². The number of rotatable bonds is 5. The van der Waals surface area contributed by atoms with Crippen LogP contribution < -0.4 is 4.72 Å². The summed E-state index contributed by atoms with van der Waals surface area (Å²) in [6.07, 6.45) is 0.251. The van der Waals surface area contributed by atoms with E-state index in [4.69, 9.17) is 4.74 Å². The van der Waals surface area contributed by atoms with Gasteiger partial charge in [0.15, 0.2) is 4.90 Å². The molecule has 2 N–H and O–H groups in total. The van der Waals surface area contributed by atoms with Crippen molar-refractivity contribution in [2.75, 3.05) is 19.8 Å². The van der Waals surface area contributed by atoms with Gasteiger partial charge < -0.3 is 9.84 Å². The Morgan fingerprint density at radius 1 is 1.52 bits per heavy atom. The summed E-state index contributed by atoms with van der Waals surface area (Å²) >= 11 is 0. The monoisotopic (exact) mass is 320 g/mol. The molecule has 0 spiro atoms. The van der Waals surface area contributed by atoms with Crippen molar-refractivity contribution in [3.63, 3.8) is 0 Å². The zero-order chi connectivity index (χ0) is 15.7. The molecule has 21 heavy (non-hydrogen) atoms. The number of nitro groups is 1. The lowest BCUT2D eigenvalue weighted by Crippen LogP contribution is -2.43. The summed E-state index contributed by atoms with van der Waals surface area (Å²) < 4.78 is 44.2. The number of nitro benzene ring substituents is 1. The maximum Gasteiger partial charge on any atom is 0.292 e. The zero-order valence-electron chi connectivity index (χ0n) is 10.8. The van der Waals surface area contributed by atoms with E-state index < -0.39 is 36.9 Å². The van der Waals surface area contributed by atoms with Gasteiger partial charge in [0.2, 0.25) is 10.0 Å². The smallest absolute Gasteiger partial charge is 0.292 e. The van der Waals surface area contributed by atoms with E-state index in [1.165, 1.54) is 0 Å². The molecule has 1 aliphatic rings. The molecule has 0 aliphatic carbocycles. The van der Waals surface area contributed by atoms with Crippen molar-refractivity contribution in [3.05, 3.63) is 34.1 Å². The molecule has 0 bridgehead atoms. The molecule has 10 heteroatoms. The maximum atomic E-state index is 13.0. The molecule has 1 aromatic rings. The number of aliphatic hydroxyl groups is 1. The van der Waals surface area contributed by atoms with Gasteiger partial charge in [-0.15, -0.1) is 0 Å². The Labute approximate surface area is 119 Å². The third-order valence-electron chi connectivity index (χ3n) is 3.08. The fourth-order valence-electron chi connectivity index (χ4n) is 1.90. The lowest BCUT2D eigenvalue weighted by molar-refractivity contribution is -0.388. The van der Waals surface area contributed by atoms with Gasteiger partial charge in [-0.3, -0.25) is 10.1 Å². The van der Waals surface area contributed by atoms with Crippen molar-refractivity contribution in [3.8, 4) is 0 Å². The lowest BCUT2D eigenvalue weighted by Gasteiger charge is -2.20. The molecule has 1 fully saturated rings. The normalized spacial score (nSPS) is 22.4. The Kier molecular flexibility index (Phi) is 4.23. The minimum atomic E-state index is -4.25. The summed E-state index contributed by atoms with van der Waals surface area (Å²) in [5.74, 6) is -0.913. The second kappa shape index (κ2) is 5.64. The Hall–Kier alpha value is -1.62. The first kappa shape index (κ1) is 15.8. The first-order valence-electron chi connectivity index (χ1n) is 5.97. The molecule has 2 rings (SSSR count). The minimum absolute atomic E-state index is 0.0268. The van der Waals surface area contributed by atoms with Gasteiger partial charge in [0, 0.05) is 19.6 Å². The Morgan fingerprint density at radius 2 is 2.24 bits per heavy atom. The van der Waals surface area contributed by atoms with E-state index >= 15 is 0 Å². The molecule has 1 aliphatic heterocycles. The first-order valence-corrected chi connectivity index (χ1v) is 7.46. The van der Waals surface area contributed by atoms with Crippen LogP contribution in [-0.4, -0.2) is 43.8 Å². The van der Waals surface area contributed by atoms with E-state index in [-0.39, 0.29) is 19.6 Å². The van der Waals surface area contributed by atoms with E-state index in [2.05, 4.69) is 4.72 Å². The summed E-state index contributed by atoms with van der Waals surface area (Å²) in [7, 11) is -4.25. The largest absolute Gasteiger partial charge is 0.386 e. The summed E-state index contributed by atoms with van der Waals surface area (Å²) in [4.78, 5) is 9.18. The number of nitrogens with zero attached hydrogens (tertiary/aromatic N) is 1. The van der Waals surface area contributed by atoms with E-state index in [0.29, 0.717) is 12.7 Å². The second-order valence-corrected chi connectivity index (χ2v) is 6.46. The Morgan fingerprint density at radius 3 is 2.81 bits per heavy atom. The summed E-state index contributed by atoms with van der Waals surface area (Å²) in [6.45, 7) is -0.0696. The topological polar surface area (TPSA) is 119 Å². The molecule has 0 amide bonds. The first-order chi connectivity index (χ1) is 9.73. The quantitative estimate of drug-likeness (QED) is 0.589. The molecule has 1 unspecified atom stereocenters. The SMILES string of the molecule is O=[N+]([O-])c1cc(F)ccc1S(=O)(=O)NCC1(O)CCOC1. The van der Waals surface area contributed by atoms with Crippen molar-refractivity contribution in [1.82, 2.24) is 4.72 Å². The Bertz CT molecular complexity index is 657. The number of sulfonamides is 1. The maximum absolute atomic E-state index is 13.0. The molecule has 0 aromatic heterocycles. The van der Waals surface area contributed by atoms with Crippen LogP contribution in [0.25, 0.3) is 0 Å². The zero-order valence-corrected chi connectivity index (χ0v) is 11.6. The van der Waals surface area contributed by atoms with Crippen molar-refractivity contribution in [2.45, 2.75) is 16.9 Å². The third kappa shape index (κ3) is 3.53. The van der Waals surface area contributed by atoms with E-state index in [1.807, 2.05) is 0 Å². The van der Waals surface area contributed by atoms with Crippen molar-refractivity contribution in [1.29, 1.82) is 0 Å². The van der Waals surface area contributed by atoms with Gasteiger partial charge in [-0.25, -0.2) is 17.5 Å². The molecule has 1 aromatic carbocycles. The van der Waals surface area contributed by atoms with Gasteiger partial charge in [0.1, 0.15) is 11.4 Å². The number of hydrogen-bond donors (Lipinski definition) is 2. The molecule has 1 atom stereocenters. The molecular formula is C11H13FN2O6S. The third-order valence-corrected chi connectivity index (χ3v) is 4.53. The predicted molar refractivity (Wildman–Crippen MR) is 68.6 cm³/mol. The lowest BCUT2D eigenvalue weighted by atomic mass is 10.1. The van der Waals surface area contributed by atoms with E-state index in [0.717, 1.165) is 12.1 Å². The van der Waals surface area contributed by atoms with Crippen molar-refractivity contribution in [2.24, 2.45) is 0 Å². The molecule has 1 heterocycles. The van der Waals surface area contributed by atoms with Crippen molar-refractivity contribution >= 4 is 15.7 Å². The average molecular weight is 320 g/mol. The van der Waals surface area contributed by atoms with Gasteiger partial charge in [-0.2, -0.15) is 0 Å². The molecule has 1 saturated heterocycles. The Balaban J connectivity index is 2.25. The standard InChI is InChI=1S/C11H13FN2O6S/c12-8-1-2-10(9(5-8)14(16)17)21(18,19)13-6-11(15)3-4-20-7-11/h1-2,5,13,15H,3-4,6-7H2. The van der Waals surface area contributed by atoms with Crippen LogP contribution in [0.3, 0.4) is 0 Å². The number of nitrogens with one attached hydrogen (secondary N) is 1. The average Bonchev–Trinajstić information content (AvgIpc) is 2.84. The van der Waals surface area contributed by atoms with Crippen LogP contribution in [0.15, 0.2) is 23.1 Å². The van der Waals surface area contributed by atoms with Gasteiger partial charge in [0.05, 0.1) is 17.6 Å². The highest BCUT2D eigenvalue weighted by molar-refractivity contribution is 7.89. The molecule has 0 saturated carbocycles. The number of halogens is 1. The molecule has 116 valence electrons. The van der Waals surface area contributed by atoms with E-state index in [9.17, 15) is 28.0 Å². The molecular weight excluding hydrogens is 307 g/mol. The minimum Gasteiger partial charge on any atom is -0.386 e. The highest BCUT2D eigenvalue weighted by atomic mass is 32.2. The number of hydrogen-bond acceptors (Lipinski definition) is 6. The van der Waals surface area contributed by atoms with Crippen LogP contribution in [0, 0.1) is 15.9 Å². The summed E-state index contributed by atoms with van der Waals surface area (Å²) in [5, 5.41) is 20.8. The summed E-state index contributed by atoms with van der Waals surface area (Å²) in [5.41, 5.74) is -2.21. The van der Waals surface area contributed by atoms with Gasteiger partial charge in [-0.05, 0) is 12.1 Å². The highest BCUT2D eigenvalue weighted by Gasteiger charge is 2.35. The van der Waals surface area contributed by atoms with Crippen LogP contribution in [0.1, 0.15) is 6.42 Å². The van der Waals surface area contributed by atoms with Gasteiger partial charge >= 0.3 is 0 Å². The van der Waals surface area contributed by atoms with Crippen molar-refractivity contribution < 1.29 is 27.6 Å². The molecule has 0 radical (unpaired) electrons. The second-order valence-electron chi connectivity index (χ2n) is 4.72. The molecule has 8 nitrogen and oxygen atoms in total. The van der Waals surface area contributed by atoms with Crippen LogP contribution in [-0.2, 0) is 14.8 Å². The van der Waals surface area contributed by atoms with Crippen LogP contribution in [0.4, 0.5) is 10.1 Å². The highest BCUT2D eigenvalue weighted by Crippen LogP contribution is 2.25. The summed E-state index contributed by atoms with van der Waals surface area (Å²) in [6, 6.07) is 2.15. The fraction of sp³-hybridized carbons (Fsp3) is 0.455. The van der Waals surface area contributed by atoms with Crippen LogP contribution >= 0.6 is 0 Å². The van der Waals surface area contributed by atoms with Crippen LogP contribution in [0.5, 0.6) is 0 Å². The van der Waals surface area contributed by atoms with Crippen LogP contribution in [0.2, 0.25) is 0 Å². The number of benzene rings is 1. The fourth-order valence-corrected chi connectivity index (χ4v) is 3.17. The number of ether oxygens (including phenoxy) is 1. The van der Waals surface area contributed by atoms with Gasteiger partial charge in [0.25, 0.3) is 5.69 Å². The van der Waals surface area contributed by atoms with Gasteiger partial charge in [-0.1, -0.05) is 0 Å². The predicted octanol–water partition coefficient (Wildman–Crippen LogP) is 0.164.